The number of unbranched alkanes of at least 4 members (excludes halogenated alkanes) is 4. The van der Waals surface area contributed by atoms with Gasteiger partial charge in [0.1, 0.15) is 6.10 Å². The van der Waals surface area contributed by atoms with Gasteiger partial charge in [-0.05, 0) is 31.2 Å². The highest BCUT2D eigenvalue weighted by atomic mass is 35.5. The first kappa shape index (κ1) is 18.3. The lowest BCUT2D eigenvalue weighted by Crippen LogP contribution is -2.01. The minimum atomic E-state index is -0.675. The van der Waals surface area contributed by atoms with Crippen LogP contribution in [0.3, 0.4) is 0 Å². The van der Waals surface area contributed by atoms with E-state index in [1.807, 2.05) is 30.3 Å². The van der Waals surface area contributed by atoms with Crippen molar-refractivity contribution in [1.29, 1.82) is 0 Å². The first-order valence-electron chi connectivity index (χ1n) is 8.31. The van der Waals surface area contributed by atoms with E-state index in [0.717, 1.165) is 31.2 Å². The zero-order valence-corrected chi connectivity index (χ0v) is 14.2. The number of halogens is 1. The summed E-state index contributed by atoms with van der Waals surface area (Å²) in [6.07, 6.45) is 8.55. The summed E-state index contributed by atoms with van der Waals surface area (Å²) in [4.78, 5) is 0. The van der Waals surface area contributed by atoms with Gasteiger partial charge in [-0.2, -0.15) is 0 Å². The lowest BCUT2D eigenvalue weighted by Gasteiger charge is -2.16. The third-order valence-electron chi connectivity index (χ3n) is 3.86. The van der Waals surface area contributed by atoms with Crippen LogP contribution in [0.1, 0.15) is 76.9 Å². The summed E-state index contributed by atoms with van der Waals surface area (Å²) in [5.74, 6) is 0. The molecule has 0 aliphatic heterocycles. The Morgan fingerprint density at radius 2 is 1.48 bits per heavy atom. The van der Waals surface area contributed by atoms with E-state index in [0.29, 0.717) is 5.03 Å². The third-order valence-corrected chi connectivity index (χ3v) is 4.33. The quantitative estimate of drug-likeness (QED) is 0.498. The van der Waals surface area contributed by atoms with E-state index in [-0.39, 0.29) is 0 Å². The largest absolute Gasteiger partial charge is 0.383 e. The van der Waals surface area contributed by atoms with Crippen LogP contribution in [0.25, 0.3) is 0 Å². The molecule has 1 nitrogen and oxygen atoms in total. The Bertz CT molecular complexity index is 399. The minimum absolute atomic E-state index is 0.647. The number of benzene rings is 1. The van der Waals surface area contributed by atoms with Gasteiger partial charge in [0.15, 0.2) is 0 Å². The maximum absolute atomic E-state index is 10.5. The molecule has 0 aromatic heterocycles. The summed E-state index contributed by atoms with van der Waals surface area (Å²) in [6.45, 7) is 4.42. The van der Waals surface area contributed by atoms with Gasteiger partial charge in [0.25, 0.3) is 0 Å². The van der Waals surface area contributed by atoms with Crippen LogP contribution in [0.5, 0.6) is 0 Å². The van der Waals surface area contributed by atoms with Gasteiger partial charge in [-0.3, -0.25) is 0 Å². The summed E-state index contributed by atoms with van der Waals surface area (Å²) in [5.41, 5.74) is 2.13. The van der Waals surface area contributed by atoms with E-state index in [9.17, 15) is 5.11 Å². The molecule has 0 heterocycles. The molecule has 0 spiro atoms. The highest BCUT2D eigenvalue weighted by Gasteiger charge is 2.15. The monoisotopic (exact) mass is 308 g/mol. The Hall–Kier alpha value is -0.790. The van der Waals surface area contributed by atoms with Crippen molar-refractivity contribution < 1.29 is 5.11 Å². The smallest absolute Gasteiger partial charge is 0.114 e. The van der Waals surface area contributed by atoms with Crippen molar-refractivity contribution in [2.75, 3.05) is 0 Å². The lowest BCUT2D eigenvalue weighted by atomic mass is 9.97. The predicted molar refractivity (Wildman–Crippen MR) is 92.6 cm³/mol. The summed E-state index contributed by atoms with van der Waals surface area (Å²) in [6, 6.07) is 9.70. The van der Waals surface area contributed by atoms with Gasteiger partial charge in [-0.25, -0.2) is 0 Å². The molecule has 1 atom stereocenters. The van der Waals surface area contributed by atoms with E-state index in [4.69, 9.17) is 11.6 Å². The number of aliphatic hydroxyl groups is 1. The Labute approximate surface area is 135 Å². The molecule has 1 rings (SSSR count). The molecule has 2 heteroatoms. The molecule has 0 fully saturated rings. The topological polar surface area (TPSA) is 20.2 Å². The van der Waals surface area contributed by atoms with E-state index in [1.54, 1.807) is 0 Å². The fourth-order valence-electron chi connectivity index (χ4n) is 2.52. The molecule has 0 radical (unpaired) electrons. The van der Waals surface area contributed by atoms with Crippen LogP contribution < -0.4 is 0 Å². The van der Waals surface area contributed by atoms with Crippen molar-refractivity contribution in [2.24, 2.45) is 0 Å². The number of rotatable bonds is 10. The lowest BCUT2D eigenvalue weighted by molar-refractivity contribution is 0.222. The molecule has 1 unspecified atom stereocenters. The first-order valence-corrected chi connectivity index (χ1v) is 8.68. The zero-order chi connectivity index (χ0) is 15.5. The number of allylic oxidation sites excluding steroid dienone is 1. The van der Waals surface area contributed by atoms with Crippen LogP contribution >= 0.6 is 11.6 Å². The molecule has 21 heavy (non-hydrogen) atoms. The van der Waals surface area contributed by atoms with Crippen molar-refractivity contribution in [3.8, 4) is 0 Å². The molecule has 1 N–H and O–H groups in total. The summed E-state index contributed by atoms with van der Waals surface area (Å²) in [5, 5.41) is 11.1. The van der Waals surface area contributed by atoms with E-state index in [2.05, 4.69) is 13.8 Å². The molecule has 1 aromatic rings. The fourth-order valence-corrected chi connectivity index (χ4v) is 2.83. The summed E-state index contributed by atoms with van der Waals surface area (Å²) >= 11 is 6.52. The summed E-state index contributed by atoms with van der Waals surface area (Å²) in [7, 11) is 0. The highest BCUT2D eigenvalue weighted by molar-refractivity contribution is 6.30. The maximum Gasteiger partial charge on any atom is 0.114 e. The number of hydrogen-bond acceptors (Lipinski definition) is 1. The predicted octanol–water partition coefficient (Wildman–Crippen LogP) is 6.37. The summed E-state index contributed by atoms with van der Waals surface area (Å²) < 4.78 is 0. The first-order chi connectivity index (χ1) is 10.2. The molecule has 0 aliphatic rings. The Morgan fingerprint density at radius 3 is 1.95 bits per heavy atom. The standard InChI is InChI=1S/C19H29ClO/c1-3-5-8-12-16(13-9-6-4-2)18(20)19(21)17-14-10-7-11-15-17/h7,10-11,14-15,19,21H,3-6,8-9,12-13H2,1-2H3. The van der Waals surface area contributed by atoms with Crippen LogP contribution in [0.4, 0.5) is 0 Å². The Morgan fingerprint density at radius 1 is 0.952 bits per heavy atom. The average molecular weight is 309 g/mol. The van der Waals surface area contributed by atoms with Gasteiger partial charge in [-0.15, -0.1) is 0 Å². The van der Waals surface area contributed by atoms with Gasteiger partial charge in [0, 0.05) is 0 Å². The van der Waals surface area contributed by atoms with Crippen molar-refractivity contribution in [3.63, 3.8) is 0 Å². The minimum Gasteiger partial charge on any atom is -0.383 e. The second kappa shape index (κ2) is 10.9. The Kier molecular flexibility index (Phi) is 9.45. The molecule has 1 aromatic carbocycles. The molecule has 118 valence electrons. The van der Waals surface area contributed by atoms with Crippen LogP contribution in [0.2, 0.25) is 0 Å². The second-order valence-electron chi connectivity index (χ2n) is 5.68. The molecule has 0 aliphatic carbocycles. The molecule has 0 saturated heterocycles. The number of hydrogen-bond donors (Lipinski definition) is 1. The van der Waals surface area contributed by atoms with Gasteiger partial charge >= 0.3 is 0 Å². The van der Waals surface area contributed by atoms with Gasteiger partial charge in [0.05, 0.1) is 5.03 Å². The van der Waals surface area contributed by atoms with Gasteiger partial charge in [-0.1, -0.05) is 87.0 Å². The second-order valence-corrected chi connectivity index (χ2v) is 6.09. The van der Waals surface area contributed by atoms with Crippen LogP contribution in [-0.4, -0.2) is 5.11 Å². The molecule has 0 amide bonds. The molecular formula is C19H29ClO. The molecule has 0 bridgehead atoms. The van der Waals surface area contributed by atoms with Gasteiger partial charge in [0.2, 0.25) is 0 Å². The van der Waals surface area contributed by atoms with Gasteiger partial charge < -0.3 is 5.11 Å². The van der Waals surface area contributed by atoms with E-state index in [1.165, 1.54) is 31.3 Å². The maximum atomic E-state index is 10.5. The highest BCUT2D eigenvalue weighted by Crippen LogP contribution is 2.32. The van der Waals surface area contributed by atoms with Crippen LogP contribution in [-0.2, 0) is 0 Å². The Balaban J connectivity index is 2.79. The SMILES string of the molecule is CCCCCC(CCCCC)=C(Cl)C(O)c1ccccc1. The average Bonchev–Trinajstić information content (AvgIpc) is 2.53. The van der Waals surface area contributed by atoms with Crippen molar-refractivity contribution in [3.05, 3.63) is 46.5 Å². The fraction of sp³-hybridized carbons (Fsp3) is 0.579. The van der Waals surface area contributed by atoms with E-state index < -0.39 is 6.10 Å². The normalized spacial score (nSPS) is 12.2. The van der Waals surface area contributed by atoms with Crippen LogP contribution in [0, 0.1) is 0 Å². The molecule has 0 saturated carbocycles. The number of aliphatic hydroxyl groups excluding tert-OH is 1. The van der Waals surface area contributed by atoms with Crippen molar-refractivity contribution in [2.45, 2.75) is 71.3 Å². The third kappa shape index (κ3) is 6.67. The van der Waals surface area contributed by atoms with E-state index >= 15 is 0 Å². The van der Waals surface area contributed by atoms with Crippen LogP contribution in [0.15, 0.2) is 40.9 Å². The molecular weight excluding hydrogens is 280 g/mol. The zero-order valence-electron chi connectivity index (χ0n) is 13.4. The van der Waals surface area contributed by atoms with Crippen molar-refractivity contribution in [1.82, 2.24) is 0 Å². The van der Waals surface area contributed by atoms with Crippen molar-refractivity contribution >= 4 is 11.6 Å².